The summed E-state index contributed by atoms with van der Waals surface area (Å²) in [5.41, 5.74) is 1.73. The predicted molar refractivity (Wildman–Crippen MR) is 74.8 cm³/mol. The molecule has 0 unspecified atom stereocenters. The lowest BCUT2D eigenvalue weighted by molar-refractivity contribution is 0.0602. The van der Waals surface area contributed by atoms with Crippen LogP contribution < -0.4 is 5.32 Å². The average Bonchev–Trinajstić information content (AvgIpc) is 2.94. The highest BCUT2D eigenvalue weighted by atomic mass is 32.1. The number of rotatable bonds is 3. The Kier molecular flexibility index (Phi) is 3.97. The van der Waals surface area contributed by atoms with E-state index in [0.29, 0.717) is 16.1 Å². The van der Waals surface area contributed by atoms with Crippen LogP contribution >= 0.6 is 11.3 Å². The van der Waals surface area contributed by atoms with Gasteiger partial charge in [-0.3, -0.25) is 4.79 Å². The third-order valence-corrected chi connectivity index (χ3v) is 3.44. The first-order valence-electron chi connectivity index (χ1n) is 5.65. The molecule has 1 aromatic heterocycles. The van der Waals surface area contributed by atoms with Gasteiger partial charge in [-0.1, -0.05) is 17.7 Å². The minimum atomic E-state index is -0.467. The van der Waals surface area contributed by atoms with Crippen molar-refractivity contribution in [3.63, 3.8) is 0 Å². The summed E-state index contributed by atoms with van der Waals surface area (Å²) in [6, 6.07) is 8.75. The van der Waals surface area contributed by atoms with Crippen LogP contribution in [0, 0.1) is 6.92 Å². The normalized spacial score (nSPS) is 10.0. The Morgan fingerprint density at radius 1 is 1.26 bits per heavy atom. The molecule has 1 amide bonds. The van der Waals surface area contributed by atoms with Crippen molar-refractivity contribution in [2.24, 2.45) is 0 Å². The summed E-state index contributed by atoms with van der Waals surface area (Å²) in [6.07, 6.45) is 0. The predicted octanol–water partition coefficient (Wildman–Crippen LogP) is 3.10. The van der Waals surface area contributed by atoms with E-state index in [9.17, 15) is 9.59 Å². The first-order chi connectivity index (χ1) is 9.11. The van der Waals surface area contributed by atoms with Crippen molar-refractivity contribution >= 4 is 28.9 Å². The number of anilines is 1. The smallest absolute Gasteiger partial charge is 0.339 e. The summed E-state index contributed by atoms with van der Waals surface area (Å²) in [4.78, 5) is 24.2. The Morgan fingerprint density at radius 2 is 2.05 bits per heavy atom. The Labute approximate surface area is 115 Å². The number of aryl methyl sites for hydroxylation is 1. The van der Waals surface area contributed by atoms with Crippen molar-refractivity contribution in [1.29, 1.82) is 0 Å². The van der Waals surface area contributed by atoms with Gasteiger partial charge in [-0.05, 0) is 30.5 Å². The van der Waals surface area contributed by atoms with E-state index < -0.39 is 5.97 Å². The first kappa shape index (κ1) is 13.3. The number of esters is 1. The number of hydrogen-bond donors (Lipinski definition) is 1. The van der Waals surface area contributed by atoms with Crippen LogP contribution in [-0.2, 0) is 4.74 Å². The van der Waals surface area contributed by atoms with Crippen molar-refractivity contribution in [3.8, 4) is 0 Å². The van der Waals surface area contributed by atoms with E-state index in [1.165, 1.54) is 18.4 Å². The third-order valence-electron chi connectivity index (χ3n) is 2.57. The van der Waals surface area contributed by atoms with E-state index >= 15 is 0 Å². The van der Waals surface area contributed by atoms with Gasteiger partial charge in [0.15, 0.2) is 0 Å². The molecule has 4 nitrogen and oxygen atoms in total. The fraction of sp³-hybridized carbons (Fsp3) is 0.143. The number of benzene rings is 1. The summed E-state index contributed by atoms with van der Waals surface area (Å²) in [5.74, 6) is -0.700. The van der Waals surface area contributed by atoms with Crippen LogP contribution in [-0.4, -0.2) is 19.0 Å². The van der Waals surface area contributed by atoms with E-state index in [-0.39, 0.29) is 5.91 Å². The van der Waals surface area contributed by atoms with Gasteiger partial charge in [-0.25, -0.2) is 4.79 Å². The SMILES string of the molecule is COC(=O)c1cc(C)ccc1NC(=O)c1cccs1. The molecule has 0 atom stereocenters. The Morgan fingerprint density at radius 3 is 2.68 bits per heavy atom. The molecule has 5 heteroatoms. The van der Waals surface area contributed by atoms with E-state index in [4.69, 9.17) is 4.74 Å². The Bertz CT molecular complexity index is 605. The minimum absolute atomic E-state index is 0.232. The molecule has 0 spiro atoms. The zero-order valence-corrected chi connectivity index (χ0v) is 11.4. The molecule has 98 valence electrons. The molecule has 0 aliphatic carbocycles. The average molecular weight is 275 g/mol. The minimum Gasteiger partial charge on any atom is -0.465 e. The maximum atomic E-state index is 12.0. The molecule has 0 radical (unpaired) electrons. The number of thiophene rings is 1. The van der Waals surface area contributed by atoms with Gasteiger partial charge in [-0.2, -0.15) is 0 Å². The molecule has 2 rings (SSSR count). The fourth-order valence-electron chi connectivity index (χ4n) is 1.64. The zero-order chi connectivity index (χ0) is 13.8. The van der Waals surface area contributed by atoms with Gasteiger partial charge < -0.3 is 10.1 Å². The molecular formula is C14H13NO3S. The summed E-state index contributed by atoms with van der Waals surface area (Å²) < 4.78 is 4.72. The molecular weight excluding hydrogens is 262 g/mol. The maximum Gasteiger partial charge on any atom is 0.339 e. The van der Waals surface area contributed by atoms with Gasteiger partial charge in [0.25, 0.3) is 5.91 Å². The van der Waals surface area contributed by atoms with Crippen molar-refractivity contribution in [1.82, 2.24) is 0 Å². The van der Waals surface area contributed by atoms with E-state index in [2.05, 4.69) is 5.32 Å². The standard InChI is InChI=1S/C14H13NO3S/c1-9-5-6-11(10(8-9)14(17)18-2)15-13(16)12-4-3-7-19-12/h3-8H,1-2H3,(H,15,16). The van der Waals surface area contributed by atoms with Crippen molar-refractivity contribution in [2.75, 3.05) is 12.4 Å². The fourth-order valence-corrected chi connectivity index (χ4v) is 2.26. The maximum absolute atomic E-state index is 12.0. The van der Waals surface area contributed by atoms with Gasteiger partial charge in [0.2, 0.25) is 0 Å². The van der Waals surface area contributed by atoms with Gasteiger partial charge in [0.1, 0.15) is 0 Å². The first-order valence-corrected chi connectivity index (χ1v) is 6.53. The monoisotopic (exact) mass is 275 g/mol. The van der Waals surface area contributed by atoms with Gasteiger partial charge in [0, 0.05) is 0 Å². The lowest BCUT2D eigenvalue weighted by Crippen LogP contribution is -2.14. The van der Waals surface area contributed by atoms with Crippen LogP contribution in [0.4, 0.5) is 5.69 Å². The molecule has 1 aromatic carbocycles. The lowest BCUT2D eigenvalue weighted by atomic mass is 10.1. The Hall–Kier alpha value is -2.14. The second kappa shape index (κ2) is 5.67. The number of methoxy groups -OCH3 is 1. The van der Waals surface area contributed by atoms with Crippen LogP contribution in [0.15, 0.2) is 35.7 Å². The summed E-state index contributed by atoms with van der Waals surface area (Å²) in [5, 5.41) is 4.55. The number of carbonyl (C=O) groups is 2. The van der Waals surface area contributed by atoms with Crippen molar-refractivity contribution in [3.05, 3.63) is 51.7 Å². The molecule has 0 saturated carbocycles. The highest BCUT2D eigenvalue weighted by molar-refractivity contribution is 7.12. The second-order valence-corrected chi connectivity index (χ2v) is 4.92. The molecule has 1 heterocycles. The third kappa shape index (κ3) is 3.00. The van der Waals surface area contributed by atoms with E-state index in [0.717, 1.165) is 5.56 Å². The lowest BCUT2D eigenvalue weighted by Gasteiger charge is -2.09. The van der Waals surface area contributed by atoms with E-state index in [1.807, 2.05) is 18.4 Å². The highest BCUT2D eigenvalue weighted by Gasteiger charge is 2.15. The number of carbonyl (C=O) groups excluding carboxylic acids is 2. The van der Waals surface area contributed by atoms with Crippen LogP contribution in [0.3, 0.4) is 0 Å². The largest absolute Gasteiger partial charge is 0.465 e. The molecule has 0 aliphatic heterocycles. The van der Waals surface area contributed by atoms with Crippen LogP contribution in [0.1, 0.15) is 25.6 Å². The van der Waals surface area contributed by atoms with Gasteiger partial charge in [-0.15, -0.1) is 11.3 Å². The molecule has 2 aromatic rings. The molecule has 1 N–H and O–H groups in total. The number of amides is 1. The summed E-state index contributed by atoms with van der Waals surface area (Å²) in [7, 11) is 1.32. The molecule has 0 aliphatic rings. The quantitative estimate of drug-likeness (QED) is 0.876. The molecule has 0 saturated heterocycles. The van der Waals surface area contributed by atoms with Gasteiger partial charge in [0.05, 0.1) is 23.2 Å². The van der Waals surface area contributed by atoms with Crippen LogP contribution in [0.2, 0.25) is 0 Å². The van der Waals surface area contributed by atoms with Crippen LogP contribution in [0.25, 0.3) is 0 Å². The van der Waals surface area contributed by atoms with Crippen molar-refractivity contribution < 1.29 is 14.3 Å². The van der Waals surface area contributed by atoms with Crippen LogP contribution in [0.5, 0.6) is 0 Å². The Balaban J connectivity index is 2.29. The number of nitrogens with one attached hydrogen (secondary N) is 1. The molecule has 19 heavy (non-hydrogen) atoms. The van der Waals surface area contributed by atoms with Crippen molar-refractivity contribution in [2.45, 2.75) is 6.92 Å². The number of ether oxygens (including phenoxy) is 1. The summed E-state index contributed by atoms with van der Waals surface area (Å²) in [6.45, 7) is 1.87. The van der Waals surface area contributed by atoms with Gasteiger partial charge >= 0.3 is 5.97 Å². The number of hydrogen-bond acceptors (Lipinski definition) is 4. The van der Waals surface area contributed by atoms with E-state index in [1.54, 1.807) is 24.3 Å². The molecule has 0 bridgehead atoms. The zero-order valence-electron chi connectivity index (χ0n) is 10.6. The molecule has 0 fully saturated rings. The topological polar surface area (TPSA) is 55.4 Å². The summed E-state index contributed by atoms with van der Waals surface area (Å²) >= 11 is 1.35. The second-order valence-electron chi connectivity index (χ2n) is 3.97. The highest BCUT2D eigenvalue weighted by Crippen LogP contribution is 2.20.